The third-order valence-electron chi connectivity index (χ3n) is 3.47. The highest BCUT2D eigenvalue weighted by Gasteiger charge is 2.19. The standard InChI is InChI=1S/C14H20FNO/c1-10-3-5-13(16-9-10)8-11-7-12(15)4-6-14(11)17-2/h4,6-7,10,13,16H,3,5,8-9H2,1-2H3. The van der Waals surface area contributed by atoms with E-state index in [1.54, 1.807) is 19.2 Å². The summed E-state index contributed by atoms with van der Waals surface area (Å²) in [6.45, 7) is 3.31. The van der Waals surface area contributed by atoms with Gasteiger partial charge in [0.25, 0.3) is 0 Å². The molecule has 2 atom stereocenters. The van der Waals surface area contributed by atoms with Crippen LogP contribution in [-0.2, 0) is 6.42 Å². The van der Waals surface area contributed by atoms with Crippen LogP contribution in [0.2, 0.25) is 0 Å². The molecule has 94 valence electrons. The largest absolute Gasteiger partial charge is 0.496 e. The van der Waals surface area contributed by atoms with Crippen LogP contribution in [0.5, 0.6) is 5.75 Å². The molecule has 1 aliphatic rings. The second-order valence-corrected chi connectivity index (χ2v) is 4.95. The third kappa shape index (κ3) is 3.19. The van der Waals surface area contributed by atoms with Crippen molar-refractivity contribution < 1.29 is 9.13 Å². The number of hydrogen-bond acceptors (Lipinski definition) is 2. The molecule has 0 bridgehead atoms. The highest BCUT2D eigenvalue weighted by Crippen LogP contribution is 2.23. The minimum atomic E-state index is -0.190. The maximum Gasteiger partial charge on any atom is 0.123 e. The fourth-order valence-corrected chi connectivity index (χ4v) is 2.40. The molecule has 0 aliphatic carbocycles. The number of benzene rings is 1. The first kappa shape index (κ1) is 12.4. The molecule has 2 nitrogen and oxygen atoms in total. The monoisotopic (exact) mass is 237 g/mol. The zero-order valence-corrected chi connectivity index (χ0v) is 10.5. The predicted molar refractivity (Wildman–Crippen MR) is 66.8 cm³/mol. The van der Waals surface area contributed by atoms with Gasteiger partial charge in [0, 0.05) is 6.04 Å². The molecule has 0 saturated carbocycles. The molecule has 1 N–H and O–H groups in total. The van der Waals surface area contributed by atoms with Gasteiger partial charge in [-0.15, -0.1) is 0 Å². The minimum absolute atomic E-state index is 0.190. The van der Waals surface area contributed by atoms with Crippen molar-refractivity contribution in [3.63, 3.8) is 0 Å². The number of hydrogen-bond donors (Lipinski definition) is 1. The molecule has 1 aromatic carbocycles. The Labute approximate surface area is 102 Å². The summed E-state index contributed by atoms with van der Waals surface area (Å²) in [6, 6.07) is 5.18. The summed E-state index contributed by atoms with van der Waals surface area (Å²) in [6.07, 6.45) is 3.24. The molecule has 2 rings (SSSR count). The van der Waals surface area contributed by atoms with Crippen LogP contribution in [0.4, 0.5) is 4.39 Å². The van der Waals surface area contributed by atoms with Crippen LogP contribution in [0.15, 0.2) is 18.2 Å². The zero-order chi connectivity index (χ0) is 12.3. The fraction of sp³-hybridized carbons (Fsp3) is 0.571. The maximum absolute atomic E-state index is 13.2. The van der Waals surface area contributed by atoms with Crippen molar-refractivity contribution in [1.82, 2.24) is 5.32 Å². The van der Waals surface area contributed by atoms with E-state index in [1.165, 1.54) is 12.5 Å². The van der Waals surface area contributed by atoms with Gasteiger partial charge in [0.05, 0.1) is 7.11 Å². The van der Waals surface area contributed by atoms with Crippen molar-refractivity contribution in [2.75, 3.05) is 13.7 Å². The van der Waals surface area contributed by atoms with Gasteiger partial charge < -0.3 is 10.1 Å². The normalized spacial score (nSPS) is 24.6. The molecule has 2 unspecified atom stereocenters. The smallest absolute Gasteiger partial charge is 0.123 e. The Balaban J connectivity index is 2.04. The Morgan fingerprint density at radius 3 is 2.88 bits per heavy atom. The summed E-state index contributed by atoms with van der Waals surface area (Å²) in [7, 11) is 1.63. The summed E-state index contributed by atoms with van der Waals surface area (Å²) in [5, 5.41) is 3.51. The molecule has 1 fully saturated rings. The zero-order valence-electron chi connectivity index (χ0n) is 10.5. The number of nitrogens with one attached hydrogen (secondary N) is 1. The van der Waals surface area contributed by atoms with E-state index in [0.29, 0.717) is 6.04 Å². The van der Waals surface area contributed by atoms with E-state index < -0.39 is 0 Å². The number of rotatable bonds is 3. The van der Waals surface area contributed by atoms with Crippen molar-refractivity contribution in [3.8, 4) is 5.75 Å². The lowest BCUT2D eigenvalue weighted by molar-refractivity contribution is 0.322. The number of methoxy groups -OCH3 is 1. The lowest BCUT2D eigenvalue weighted by Crippen LogP contribution is -2.39. The molecular weight excluding hydrogens is 217 g/mol. The molecule has 0 aromatic heterocycles. The van der Waals surface area contributed by atoms with Crippen molar-refractivity contribution in [2.45, 2.75) is 32.2 Å². The van der Waals surface area contributed by atoms with Gasteiger partial charge >= 0.3 is 0 Å². The summed E-state index contributed by atoms with van der Waals surface area (Å²) >= 11 is 0. The molecule has 1 heterocycles. The Bertz CT molecular complexity index is 372. The average Bonchev–Trinajstić information content (AvgIpc) is 2.32. The highest BCUT2D eigenvalue weighted by molar-refractivity contribution is 5.34. The van der Waals surface area contributed by atoms with E-state index >= 15 is 0 Å². The van der Waals surface area contributed by atoms with Gasteiger partial charge in [-0.1, -0.05) is 6.92 Å². The Kier molecular flexibility index (Phi) is 4.00. The summed E-state index contributed by atoms with van der Waals surface area (Å²) in [5.41, 5.74) is 0.958. The molecule has 0 spiro atoms. The van der Waals surface area contributed by atoms with Crippen molar-refractivity contribution in [1.29, 1.82) is 0 Å². The van der Waals surface area contributed by atoms with Crippen molar-refractivity contribution >= 4 is 0 Å². The lowest BCUT2D eigenvalue weighted by atomic mass is 9.92. The molecular formula is C14H20FNO. The number of piperidine rings is 1. The SMILES string of the molecule is COc1ccc(F)cc1CC1CCC(C)CN1. The van der Waals surface area contributed by atoms with Gasteiger partial charge in [-0.05, 0) is 55.5 Å². The van der Waals surface area contributed by atoms with Gasteiger partial charge in [0.2, 0.25) is 0 Å². The van der Waals surface area contributed by atoms with Crippen LogP contribution in [0.3, 0.4) is 0 Å². The highest BCUT2D eigenvalue weighted by atomic mass is 19.1. The van der Waals surface area contributed by atoms with Crippen molar-refractivity contribution in [3.05, 3.63) is 29.6 Å². The minimum Gasteiger partial charge on any atom is -0.496 e. The summed E-state index contributed by atoms with van der Waals surface area (Å²) in [4.78, 5) is 0. The Morgan fingerprint density at radius 2 is 2.24 bits per heavy atom. The average molecular weight is 237 g/mol. The molecule has 0 radical (unpaired) electrons. The van der Waals surface area contributed by atoms with Gasteiger partial charge in [-0.25, -0.2) is 4.39 Å². The van der Waals surface area contributed by atoms with E-state index in [9.17, 15) is 4.39 Å². The first-order valence-corrected chi connectivity index (χ1v) is 6.25. The molecule has 17 heavy (non-hydrogen) atoms. The fourth-order valence-electron chi connectivity index (χ4n) is 2.40. The van der Waals surface area contributed by atoms with E-state index in [0.717, 1.165) is 36.6 Å². The van der Waals surface area contributed by atoms with Crippen LogP contribution in [0.1, 0.15) is 25.3 Å². The van der Waals surface area contributed by atoms with E-state index in [2.05, 4.69) is 12.2 Å². The van der Waals surface area contributed by atoms with E-state index in [1.807, 2.05) is 0 Å². The first-order valence-electron chi connectivity index (χ1n) is 6.25. The van der Waals surface area contributed by atoms with Crippen LogP contribution >= 0.6 is 0 Å². The molecule has 0 amide bonds. The quantitative estimate of drug-likeness (QED) is 0.872. The van der Waals surface area contributed by atoms with Gasteiger partial charge in [-0.3, -0.25) is 0 Å². The summed E-state index contributed by atoms with van der Waals surface area (Å²) in [5.74, 6) is 1.34. The molecule has 1 aliphatic heterocycles. The number of ether oxygens (including phenoxy) is 1. The van der Waals surface area contributed by atoms with Crippen LogP contribution in [-0.4, -0.2) is 19.7 Å². The lowest BCUT2D eigenvalue weighted by Gasteiger charge is -2.28. The van der Waals surface area contributed by atoms with Gasteiger partial charge in [-0.2, -0.15) is 0 Å². The van der Waals surface area contributed by atoms with Crippen molar-refractivity contribution in [2.24, 2.45) is 5.92 Å². The molecule has 1 saturated heterocycles. The van der Waals surface area contributed by atoms with Crippen LogP contribution in [0.25, 0.3) is 0 Å². The van der Waals surface area contributed by atoms with E-state index in [4.69, 9.17) is 4.74 Å². The van der Waals surface area contributed by atoms with Gasteiger partial charge in [0.1, 0.15) is 11.6 Å². The summed E-state index contributed by atoms with van der Waals surface area (Å²) < 4.78 is 18.5. The van der Waals surface area contributed by atoms with E-state index in [-0.39, 0.29) is 5.82 Å². The first-order chi connectivity index (χ1) is 8.19. The topological polar surface area (TPSA) is 21.3 Å². The Hall–Kier alpha value is -1.09. The predicted octanol–water partition coefficient (Wildman–Crippen LogP) is 2.76. The maximum atomic E-state index is 13.2. The number of halogens is 1. The second-order valence-electron chi connectivity index (χ2n) is 4.95. The Morgan fingerprint density at radius 1 is 1.41 bits per heavy atom. The second kappa shape index (κ2) is 5.50. The molecule has 1 aromatic rings. The van der Waals surface area contributed by atoms with Gasteiger partial charge in [0.15, 0.2) is 0 Å². The molecule has 3 heteroatoms. The van der Waals surface area contributed by atoms with Crippen LogP contribution in [0, 0.1) is 11.7 Å². The van der Waals surface area contributed by atoms with Crippen LogP contribution < -0.4 is 10.1 Å². The third-order valence-corrected chi connectivity index (χ3v) is 3.47.